The fraction of sp³-hybridized carbons (Fsp3) is 0.485. The van der Waals surface area contributed by atoms with Gasteiger partial charge in [-0.15, -0.1) is 11.8 Å². The third-order valence-electron chi connectivity index (χ3n) is 7.46. The van der Waals surface area contributed by atoms with E-state index in [9.17, 15) is 0 Å². The maximum atomic E-state index is 8.71. The van der Waals surface area contributed by atoms with Gasteiger partial charge in [-0.25, -0.2) is 0 Å². The smallest absolute Gasteiger partial charge is 0.127 e. The van der Waals surface area contributed by atoms with Gasteiger partial charge >= 0.3 is 0 Å². The number of aliphatic hydroxyl groups is 1. The number of rotatable bonds is 19. The average molecular weight is 597 g/mol. The van der Waals surface area contributed by atoms with E-state index in [1.807, 2.05) is 36.3 Å². The van der Waals surface area contributed by atoms with Gasteiger partial charge in [-0.3, -0.25) is 4.98 Å². The van der Waals surface area contributed by atoms with Crippen LogP contribution in [-0.4, -0.2) is 54.9 Å². The molecular weight excluding hydrogens is 556 g/mol. The molecule has 0 amide bonds. The first-order valence-electron chi connectivity index (χ1n) is 14.8. The third-order valence-corrected chi connectivity index (χ3v) is 8.91. The number of benzene rings is 2. The normalized spacial score (nSPS) is 15.7. The van der Waals surface area contributed by atoms with Crippen molar-refractivity contribution in [2.45, 2.75) is 68.2 Å². The van der Waals surface area contributed by atoms with E-state index in [1.54, 1.807) is 0 Å². The number of ether oxygens (including phenoxy) is 3. The highest BCUT2D eigenvalue weighted by atomic mass is 35.5. The molecule has 0 unspecified atom stereocenters. The molecule has 2 fully saturated rings. The minimum Gasteiger partial charge on any atom is -0.490 e. The number of unbranched alkanes of at least 4 members (excludes halogenated alkanes) is 2. The highest BCUT2D eigenvalue weighted by Crippen LogP contribution is 2.53. The van der Waals surface area contributed by atoms with Crippen molar-refractivity contribution >= 4 is 23.4 Å². The van der Waals surface area contributed by atoms with Crippen molar-refractivity contribution in [3.8, 4) is 16.9 Å². The van der Waals surface area contributed by atoms with Crippen LogP contribution in [-0.2, 0) is 21.7 Å². The van der Waals surface area contributed by atoms with E-state index >= 15 is 0 Å². The molecule has 41 heavy (non-hydrogen) atoms. The molecule has 220 valence electrons. The summed E-state index contributed by atoms with van der Waals surface area (Å²) >= 11 is 8.49. The molecule has 2 saturated carbocycles. The Morgan fingerprint density at radius 1 is 1.00 bits per heavy atom. The zero-order chi connectivity index (χ0) is 28.3. The largest absolute Gasteiger partial charge is 0.490 e. The Labute approximate surface area is 253 Å². The molecule has 0 saturated heterocycles. The number of nitrogens with one attached hydrogen (secondary N) is 1. The van der Waals surface area contributed by atoms with E-state index in [-0.39, 0.29) is 12.2 Å². The number of aromatic nitrogens is 1. The first-order valence-corrected chi connectivity index (χ1v) is 16.2. The second kappa shape index (κ2) is 15.4. The molecule has 0 radical (unpaired) electrons. The minimum atomic E-state index is -0.345. The lowest BCUT2D eigenvalue weighted by Crippen LogP contribution is -2.21. The van der Waals surface area contributed by atoms with Crippen LogP contribution in [0.25, 0.3) is 11.1 Å². The lowest BCUT2D eigenvalue weighted by Gasteiger charge is -2.22. The first kappa shape index (κ1) is 30.3. The van der Waals surface area contributed by atoms with Crippen LogP contribution in [0.2, 0.25) is 5.02 Å². The molecular formula is C33H41ClN2O4S. The van der Waals surface area contributed by atoms with Gasteiger partial charge in [-0.1, -0.05) is 36.2 Å². The van der Waals surface area contributed by atoms with Gasteiger partial charge in [0.25, 0.3) is 0 Å². The molecule has 6 nitrogen and oxygen atoms in total. The molecule has 2 N–H and O–H groups in total. The highest BCUT2D eigenvalue weighted by Gasteiger charge is 2.47. The maximum absolute atomic E-state index is 8.71. The number of thioether (sulfide) groups is 1. The fourth-order valence-electron chi connectivity index (χ4n) is 4.88. The molecule has 0 bridgehead atoms. The van der Waals surface area contributed by atoms with Gasteiger partial charge in [0.2, 0.25) is 0 Å². The lowest BCUT2D eigenvalue weighted by atomic mass is 9.96. The van der Waals surface area contributed by atoms with Crippen LogP contribution >= 0.6 is 23.4 Å². The average Bonchev–Trinajstić information content (AvgIpc) is 3.94. The topological polar surface area (TPSA) is 72.8 Å². The quantitative estimate of drug-likeness (QED) is 0.114. The van der Waals surface area contributed by atoms with E-state index in [1.165, 1.54) is 17.7 Å². The number of nitrogens with zero attached hydrogens (tertiary/aromatic N) is 1. The van der Waals surface area contributed by atoms with Crippen LogP contribution in [0.4, 0.5) is 0 Å². The zero-order valence-corrected chi connectivity index (χ0v) is 25.2. The van der Waals surface area contributed by atoms with Gasteiger partial charge in [-0.05, 0) is 92.3 Å². The molecule has 0 aliphatic heterocycles. The molecule has 0 spiro atoms. The highest BCUT2D eigenvalue weighted by molar-refractivity contribution is 7.99. The van der Waals surface area contributed by atoms with Crippen LogP contribution in [0.15, 0.2) is 65.8 Å². The Morgan fingerprint density at radius 2 is 1.88 bits per heavy atom. The predicted octanol–water partition coefficient (Wildman–Crippen LogP) is 7.01. The number of pyridine rings is 1. The molecule has 5 rings (SSSR count). The lowest BCUT2D eigenvalue weighted by molar-refractivity contribution is 0.0173. The zero-order valence-electron chi connectivity index (χ0n) is 23.7. The van der Waals surface area contributed by atoms with E-state index in [0.717, 1.165) is 84.0 Å². The molecule has 1 aromatic heterocycles. The van der Waals surface area contributed by atoms with E-state index in [0.29, 0.717) is 25.9 Å². The Hall–Kier alpha value is -2.13. The Kier molecular flexibility index (Phi) is 11.4. The van der Waals surface area contributed by atoms with Gasteiger partial charge in [0.05, 0.1) is 38.1 Å². The summed E-state index contributed by atoms with van der Waals surface area (Å²) in [5, 5.41) is 12.8. The van der Waals surface area contributed by atoms with Crippen molar-refractivity contribution in [1.29, 1.82) is 0 Å². The predicted molar refractivity (Wildman–Crippen MR) is 166 cm³/mol. The number of para-hydroxylation sites is 1. The summed E-state index contributed by atoms with van der Waals surface area (Å²) in [4.78, 5) is 5.71. The molecule has 0 atom stereocenters. The molecule has 3 aromatic rings. The third kappa shape index (κ3) is 8.93. The molecule has 8 heteroatoms. The molecule has 2 aliphatic carbocycles. The number of aliphatic hydroxyl groups excluding tert-OH is 1. The van der Waals surface area contributed by atoms with E-state index < -0.39 is 0 Å². The van der Waals surface area contributed by atoms with Gasteiger partial charge in [-0.2, -0.15) is 0 Å². The molecule has 2 aliphatic rings. The van der Waals surface area contributed by atoms with Crippen LogP contribution in [0.5, 0.6) is 5.75 Å². The van der Waals surface area contributed by atoms with Crippen LogP contribution in [0.1, 0.15) is 56.1 Å². The number of halogens is 1. The van der Waals surface area contributed by atoms with Crippen LogP contribution in [0, 0.1) is 0 Å². The summed E-state index contributed by atoms with van der Waals surface area (Å²) in [5.41, 5.74) is 4.04. The summed E-state index contributed by atoms with van der Waals surface area (Å²) in [6.07, 6.45) is 11.8. The molecule has 2 aromatic carbocycles. The first-order chi connectivity index (χ1) is 20.2. The Morgan fingerprint density at radius 3 is 2.71 bits per heavy atom. The summed E-state index contributed by atoms with van der Waals surface area (Å²) in [5.74, 6) is 2.01. The second-order valence-electron chi connectivity index (χ2n) is 10.8. The van der Waals surface area contributed by atoms with Crippen molar-refractivity contribution in [3.63, 3.8) is 0 Å². The van der Waals surface area contributed by atoms with Crippen molar-refractivity contribution in [2.75, 3.05) is 38.7 Å². The summed E-state index contributed by atoms with van der Waals surface area (Å²) in [6.45, 7) is 3.43. The number of hydrogen-bond acceptors (Lipinski definition) is 7. The van der Waals surface area contributed by atoms with Crippen LogP contribution < -0.4 is 10.1 Å². The SMILES string of the molecule is OCCOCCNCCCCCSc1ccc(Cl)c(COC2(c3cnccc3-c3ccccc3OC3CC3)CC2)c1. The fourth-order valence-corrected chi connectivity index (χ4v) is 6.02. The van der Waals surface area contributed by atoms with Gasteiger partial charge in [0.1, 0.15) is 5.75 Å². The Bertz CT molecular complexity index is 1250. The number of hydrogen-bond donors (Lipinski definition) is 2. The minimum absolute atomic E-state index is 0.0821. The molecule has 1 heterocycles. The van der Waals surface area contributed by atoms with Crippen molar-refractivity contribution in [2.24, 2.45) is 0 Å². The van der Waals surface area contributed by atoms with Crippen molar-refractivity contribution in [1.82, 2.24) is 10.3 Å². The van der Waals surface area contributed by atoms with Gasteiger partial charge in [0, 0.05) is 40.0 Å². The van der Waals surface area contributed by atoms with E-state index in [2.05, 4.69) is 46.7 Å². The standard InChI is InChI=1S/C33H41ClN2O4S/c34-31-11-10-27(41-21-5-1-4-15-35-17-19-38-20-18-37)22-25(31)24-39-33(13-14-33)30-23-36-16-12-28(30)29-6-2-3-7-32(29)40-26-8-9-26/h2-3,6-7,10-12,16,22-23,26,35,37H,1,4-5,8-9,13-15,17-21,24H2. The summed E-state index contributed by atoms with van der Waals surface area (Å²) < 4.78 is 18.2. The Balaban J connectivity index is 1.13. The van der Waals surface area contributed by atoms with Gasteiger partial charge in [0.15, 0.2) is 0 Å². The van der Waals surface area contributed by atoms with E-state index in [4.69, 9.17) is 30.9 Å². The van der Waals surface area contributed by atoms with Gasteiger partial charge < -0.3 is 24.6 Å². The van der Waals surface area contributed by atoms with Crippen molar-refractivity contribution in [3.05, 3.63) is 77.1 Å². The van der Waals surface area contributed by atoms with Crippen LogP contribution in [0.3, 0.4) is 0 Å². The summed E-state index contributed by atoms with van der Waals surface area (Å²) in [7, 11) is 0. The van der Waals surface area contributed by atoms with Crippen molar-refractivity contribution < 1.29 is 19.3 Å². The summed E-state index contributed by atoms with van der Waals surface area (Å²) in [6, 6.07) is 16.7. The monoisotopic (exact) mass is 596 g/mol. The maximum Gasteiger partial charge on any atom is 0.127 e. The second-order valence-corrected chi connectivity index (χ2v) is 12.3.